The van der Waals surface area contributed by atoms with Gasteiger partial charge in [0.25, 0.3) is 0 Å². The number of nitrogens with one attached hydrogen (secondary N) is 2. The number of aryl methyl sites for hydroxylation is 1. The Hall–Kier alpha value is -0.640. The van der Waals surface area contributed by atoms with Crippen LogP contribution in [0.4, 0.5) is 5.69 Å². The topological polar surface area (TPSA) is 41.1 Å². The van der Waals surface area contributed by atoms with Gasteiger partial charge in [-0.25, -0.2) is 0 Å². The molecule has 0 radical (unpaired) electrons. The smallest absolute Gasteiger partial charge is 0.228 e. The first-order valence-corrected chi connectivity index (χ1v) is 7.04. The number of hydrogen-bond acceptors (Lipinski definition) is 2. The Morgan fingerprint density at radius 3 is 2.11 bits per heavy atom. The molecule has 0 unspecified atom stereocenters. The van der Waals surface area contributed by atoms with Crippen LogP contribution in [0.3, 0.4) is 0 Å². The average Bonchev–Trinajstić information content (AvgIpc) is 2.29. The van der Waals surface area contributed by atoms with Crippen LogP contribution < -0.4 is 10.6 Å². The lowest BCUT2D eigenvalue weighted by Crippen LogP contribution is -2.50. The van der Waals surface area contributed by atoms with E-state index in [9.17, 15) is 4.79 Å². The van der Waals surface area contributed by atoms with Crippen molar-refractivity contribution in [1.29, 1.82) is 0 Å². The van der Waals surface area contributed by atoms with Crippen LogP contribution in [-0.4, -0.2) is 15.9 Å². The van der Waals surface area contributed by atoms with Gasteiger partial charge in [-0.1, -0.05) is 66.3 Å². The maximum Gasteiger partial charge on any atom is 0.228 e. The molecule has 0 aliphatic rings. The van der Waals surface area contributed by atoms with E-state index in [1.807, 2.05) is 31.2 Å². The molecule has 0 bridgehead atoms. The molecule has 1 atom stereocenters. The van der Waals surface area contributed by atoms with E-state index in [1.54, 1.807) is 13.8 Å². The van der Waals surface area contributed by atoms with E-state index in [2.05, 4.69) is 10.6 Å². The highest BCUT2D eigenvalue weighted by atomic mass is 35.6. The van der Waals surface area contributed by atoms with Crippen molar-refractivity contribution in [3.05, 3.63) is 29.8 Å². The van der Waals surface area contributed by atoms with Gasteiger partial charge in [-0.2, -0.15) is 0 Å². The monoisotopic (exact) mass is 322 g/mol. The summed E-state index contributed by atoms with van der Waals surface area (Å²) in [6.07, 6.45) is -0.796. The molecular formula is C13H17Cl3N2O. The van der Waals surface area contributed by atoms with Crippen LogP contribution in [0.15, 0.2) is 24.3 Å². The van der Waals surface area contributed by atoms with Crippen molar-refractivity contribution < 1.29 is 4.79 Å². The summed E-state index contributed by atoms with van der Waals surface area (Å²) < 4.78 is -1.64. The first kappa shape index (κ1) is 16.4. The van der Waals surface area contributed by atoms with Crippen molar-refractivity contribution in [2.75, 3.05) is 5.32 Å². The van der Waals surface area contributed by atoms with Gasteiger partial charge in [0.1, 0.15) is 6.17 Å². The summed E-state index contributed by atoms with van der Waals surface area (Å²) in [5, 5.41) is 5.68. The molecule has 0 spiro atoms. The fourth-order valence-electron chi connectivity index (χ4n) is 1.33. The standard InChI is InChI=1S/C13H17Cl3N2O/c1-8(2)11(19)18-12(13(14,15)16)17-10-6-4-9(3)5-7-10/h4-8,12,17H,1-3H3,(H,18,19)/t12-/m1/s1. The molecule has 6 heteroatoms. The van der Waals surface area contributed by atoms with E-state index in [-0.39, 0.29) is 11.8 Å². The van der Waals surface area contributed by atoms with Gasteiger partial charge in [-0.15, -0.1) is 0 Å². The van der Waals surface area contributed by atoms with Crippen LogP contribution in [0.5, 0.6) is 0 Å². The predicted octanol–water partition coefficient (Wildman–Crippen LogP) is 3.88. The Kier molecular flexibility index (Phi) is 5.78. The van der Waals surface area contributed by atoms with Crippen molar-refractivity contribution >= 4 is 46.4 Å². The molecule has 3 nitrogen and oxygen atoms in total. The highest BCUT2D eigenvalue weighted by Gasteiger charge is 2.34. The summed E-state index contributed by atoms with van der Waals surface area (Å²) in [6, 6.07) is 7.59. The van der Waals surface area contributed by atoms with Crippen LogP contribution in [-0.2, 0) is 4.79 Å². The SMILES string of the molecule is Cc1ccc(N[C@H](NC(=O)C(C)C)C(Cl)(Cl)Cl)cc1. The third kappa shape index (κ3) is 5.47. The second kappa shape index (κ2) is 6.69. The second-order valence-electron chi connectivity index (χ2n) is 4.65. The molecule has 1 aromatic carbocycles. The lowest BCUT2D eigenvalue weighted by atomic mass is 10.2. The molecule has 1 aromatic rings. The Bertz CT molecular complexity index is 427. The number of benzene rings is 1. The molecule has 0 fully saturated rings. The van der Waals surface area contributed by atoms with E-state index in [4.69, 9.17) is 34.8 Å². The number of amides is 1. The molecule has 106 valence electrons. The number of hydrogen-bond donors (Lipinski definition) is 2. The maximum absolute atomic E-state index is 11.7. The zero-order valence-corrected chi connectivity index (χ0v) is 13.3. The van der Waals surface area contributed by atoms with E-state index in [0.717, 1.165) is 11.3 Å². The highest BCUT2D eigenvalue weighted by molar-refractivity contribution is 6.68. The predicted molar refractivity (Wildman–Crippen MR) is 81.9 cm³/mol. The van der Waals surface area contributed by atoms with Crippen LogP contribution >= 0.6 is 34.8 Å². The summed E-state index contributed by atoms with van der Waals surface area (Å²) in [5.74, 6) is -0.370. The number of anilines is 1. The van der Waals surface area contributed by atoms with Crippen molar-refractivity contribution in [1.82, 2.24) is 5.32 Å². The number of halogens is 3. The van der Waals surface area contributed by atoms with Crippen LogP contribution in [0, 0.1) is 12.8 Å². The Morgan fingerprint density at radius 1 is 1.16 bits per heavy atom. The minimum atomic E-state index is -1.64. The molecule has 0 aliphatic heterocycles. The highest BCUT2D eigenvalue weighted by Crippen LogP contribution is 2.31. The Labute approximate surface area is 128 Å². The molecular weight excluding hydrogens is 307 g/mol. The fourth-order valence-corrected chi connectivity index (χ4v) is 1.65. The van der Waals surface area contributed by atoms with Crippen molar-refractivity contribution in [3.8, 4) is 0 Å². The molecule has 1 amide bonds. The molecule has 0 saturated carbocycles. The molecule has 1 rings (SSSR count). The molecule has 0 aromatic heterocycles. The lowest BCUT2D eigenvalue weighted by Gasteiger charge is -2.28. The number of carbonyl (C=O) groups excluding carboxylic acids is 1. The van der Waals surface area contributed by atoms with E-state index in [1.165, 1.54) is 0 Å². The van der Waals surface area contributed by atoms with Gasteiger partial charge in [0.15, 0.2) is 0 Å². The van der Waals surface area contributed by atoms with Gasteiger partial charge in [0.2, 0.25) is 9.70 Å². The third-order valence-electron chi connectivity index (χ3n) is 2.50. The summed E-state index contributed by atoms with van der Waals surface area (Å²) in [6.45, 7) is 5.53. The molecule has 0 saturated heterocycles. The fraction of sp³-hybridized carbons (Fsp3) is 0.462. The third-order valence-corrected chi connectivity index (χ3v) is 3.16. The average molecular weight is 324 g/mol. The Balaban J connectivity index is 2.81. The molecule has 19 heavy (non-hydrogen) atoms. The van der Waals surface area contributed by atoms with Gasteiger partial charge in [-0.3, -0.25) is 4.79 Å². The number of alkyl halides is 3. The summed E-state index contributed by atoms with van der Waals surface area (Å²) in [5.41, 5.74) is 1.90. The van der Waals surface area contributed by atoms with Crippen molar-refractivity contribution in [3.63, 3.8) is 0 Å². The van der Waals surface area contributed by atoms with E-state index in [0.29, 0.717) is 0 Å². The van der Waals surface area contributed by atoms with Gasteiger partial charge < -0.3 is 10.6 Å². The molecule has 2 N–H and O–H groups in total. The zero-order chi connectivity index (χ0) is 14.6. The second-order valence-corrected chi connectivity index (χ2v) is 7.02. The quantitative estimate of drug-likeness (QED) is 0.652. The van der Waals surface area contributed by atoms with Crippen LogP contribution in [0.25, 0.3) is 0 Å². The van der Waals surface area contributed by atoms with Gasteiger partial charge in [-0.05, 0) is 19.1 Å². The van der Waals surface area contributed by atoms with E-state index >= 15 is 0 Å². The van der Waals surface area contributed by atoms with Crippen LogP contribution in [0.1, 0.15) is 19.4 Å². The Morgan fingerprint density at radius 2 is 1.68 bits per heavy atom. The minimum Gasteiger partial charge on any atom is -0.362 e. The van der Waals surface area contributed by atoms with E-state index < -0.39 is 9.96 Å². The summed E-state index contributed by atoms with van der Waals surface area (Å²) >= 11 is 17.6. The first-order valence-electron chi connectivity index (χ1n) is 5.90. The maximum atomic E-state index is 11.7. The van der Waals surface area contributed by atoms with Gasteiger partial charge in [0, 0.05) is 11.6 Å². The van der Waals surface area contributed by atoms with Crippen molar-refractivity contribution in [2.45, 2.75) is 30.7 Å². The summed E-state index contributed by atoms with van der Waals surface area (Å²) in [4.78, 5) is 11.7. The molecule has 0 aliphatic carbocycles. The minimum absolute atomic E-state index is 0.184. The van der Waals surface area contributed by atoms with Gasteiger partial charge >= 0.3 is 0 Å². The molecule has 0 heterocycles. The largest absolute Gasteiger partial charge is 0.362 e. The number of rotatable bonds is 4. The first-order chi connectivity index (χ1) is 8.70. The summed E-state index contributed by atoms with van der Waals surface area (Å²) in [7, 11) is 0. The normalized spacial score (nSPS) is 13.2. The zero-order valence-electron chi connectivity index (χ0n) is 11.0. The van der Waals surface area contributed by atoms with Gasteiger partial charge in [0.05, 0.1) is 0 Å². The number of carbonyl (C=O) groups is 1. The van der Waals surface area contributed by atoms with Crippen LogP contribution in [0.2, 0.25) is 0 Å². The lowest BCUT2D eigenvalue weighted by molar-refractivity contribution is -0.124. The van der Waals surface area contributed by atoms with Crippen molar-refractivity contribution in [2.24, 2.45) is 5.92 Å².